The average Bonchev–Trinajstić information content (AvgIpc) is 3.00. The van der Waals surface area contributed by atoms with E-state index < -0.39 is 0 Å². The summed E-state index contributed by atoms with van der Waals surface area (Å²) in [4.78, 5) is 33.0. The SMILES string of the molecule is C=CCn1c(SCC(=O)c2cc(C(C)(C)C)c(O)c(C(C)(C)C)c2)nc2sc(C)c(C)c2c1=O. The van der Waals surface area contributed by atoms with E-state index in [4.69, 9.17) is 4.98 Å². The lowest BCUT2D eigenvalue weighted by atomic mass is 9.78. The van der Waals surface area contributed by atoms with Crippen LogP contribution in [0.4, 0.5) is 0 Å². The predicted molar refractivity (Wildman–Crippen MR) is 144 cm³/mol. The molecule has 5 nitrogen and oxygen atoms in total. The number of carbonyl (C=O) groups is 1. The number of thiophene rings is 1. The summed E-state index contributed by atoms with van der Waals surface area (Å²) in [6.07, 6.45) is 1.67. The molecule has 1 aromatic carbocycles. The molecule has 0 unspecified atom stereocenters. The lowest BCUT2D eigenvalue weighted by Crippen LogP contribution is -2.23. The number of nitrogens with zero attached hydrogens (tertiary/aromatic N) is 2. The van der Waals surface area contributed by atoms with Crippen molar-refractivity contribution in [1.29, 1.82) is 0 Å². The number of rotatable bonds is 6. The number of fused-ring (bicyclic) bond motifs is 1. The molecular formula is C27H34N2O3S2. The van der Waals surface area contributed by atoms with E-state index in [0.717, 1.165) is 21.6 Å². The minimum Gasteiger partial charge on any atom is -0.507 e. The van der Waals surface area contributed by atoms with Gasteiger partial charge in [0.2, 0.25) is 0 Å². The molecule has 2 aromatic heterocycles. The van der Waals surface area contributed by atoms with Gasteiger partial charge < -0.3 is 5.11 Å². The third-order valence-electron chi connectivity index (χ3n) is 5.95. The molecule has 0 aliphatic rings. The van der Waals surface area contributed by atoms with Gasteiger partial charge in [0.15, 0.2) is 10.9 Å². The summed E-state index contributed by atoms with van der Waals surface area (Å²) in [7, 11) is 0. The molecule has 34 heavy (non-hydrogen) atoms. The highest BCUT2D eigenvalue weighted by atomic mass is 32.2. The Morgan fingerprint density at radius 2 is 1.71 bits per heavy atom. The maximum absolute atomic E-state index is 13.3. The van der Waals surface area contributed by atoms with Gasteiger partial charge in [0, 0.05) is 28.1 Å². The first-order valence-corrected chi connectivity index (χ1v) is 13.1. The molecule has 0 saturated carbocycles. The topological polar surface area (TPSA) is 72.2 Å². The maximum atomic E-state index is 13.3. The first kappa shape index (κ1) is 26.2. The number of aromatic hydroxyl groups is 1. The molecule has 1 N–H and O–H groups in total. The lowest BCUT2D eigenvalue weighted by molar-refractivity contribution is 0.102. The van der Waals surface area contributed by atoms with Crippen molar-refractivity contribution in [3.8, 4) is 5.75 Å². The Balaban J connectivity index is 2.03. The van der Waals surface area contributed by atoms with Gasteiger partial charge >= 0.3 is 0 Å². The lowest BCUT2D eigenvalue weighted by Gasteiger charge is -2.28. The largest absolute Gasteiger partial charge is 0.507 e. The summed E-state index contributed by atoms with van der Waals surface area (Å²) >= 11 is 2.76. The van der Waals surface area contributed by atoms with Crippen LogP contribution in [0.3, 0.4) is 0 Å². The van der Waals surface area contributed by atoms with Crippen LogP contribution in [0.15, 0.2) is 34.7 Å². The minimum absolute atomic E-state index is 0.0703. The molecular weight excluding hydrogens is 464 g/mol. The van der Waals surface area contributed by atoms with E-state index in [1.54, 1.807) is 22.8 Å². The highest BCUT2D eigenvalue weighted by Crippen LogP contribution is 2.40. The summed E-state index contributed by atoms with van der Waals surface area (Å²) in [5.74, 6) is 0.315. The fourth-order valence-electron chi connectivity index (χ4n) is 3.86. The van der Waals surface area contributed by atoms with Gasteiger partial charge in [-0.3, -0.25) is 14.2 Å². The molecule has 0 radical (unpaired) electrons. The molecule has 0 fully saturated rings. The van der Waals surface area contributed by atoms with Gasteiger partial charge in [0.25, 0.3) is 5.56 Å². The van der Waals surface area contributed by atoms with Crippen LogP contribution in [0, 0.1) is 13.8 Å². The number of phenolic OH excluding ortho intramolecular Hbond substituents is 1. The summed E-state index contributed by atoms with van der Waals surface area (Å²) in [6, 6.07) is 3.60. The Morgan fingerprint density at radius 3 is 2.21 bits per heavy atom. The first-order chi connectivity index (χ1) is 15.7. The Morgan fingerprint density at radius 1 is 1.15 bits per heavy atom. The normalized spacial score (nSPS) is 12.4. The monoisotopic (exact) mass is 498 g/mol. The number of thioether (sulfide) groups is 1. The molecule has 0 aliphatic carbocycles. The zero-order chi connectivity index (χ0) is 25.6. The summed E-state index contributed by atoms with van der Waals surface area (Å²) in [5, 5.41) is 12.1. The van der Waals surface area contributed by atoms with Gasteiger partial charge in [-0.2, -0.15) is 0 Å². The summed E-state index contributed by atoms with van der Waals surface area (Å²) in [5.41, 5.74) is 2.27. The Kier molecular flexibility index (Phi) is 7.21. The Bertz CT molecular complexity index is 1300. The Labute approximate surface area is 209 Å². The number of hydrogen-bond donors (Lipinski definition) is 1. The quantitative estimate of drug-likeness (QED) is 0.181. The number of hydrogen-bond acceptors (Lipinski definition) is 6. The van der Waals surface area contributed by atoms with Crippen LogP contribution in [-0.2, 0) is 17.4 Å². The zero-order valence-electron chi connectivity index (χ0n) is 21.3. The first-order valence-electron chi connectivity index (χ1n) is 11.3. The molecule has 0 saturated heterocycles. The van der Waals surface area contributed by atoms with Crippen molar-refractivity contribution in [2.45, 2.75) is 77.9 Å². The molecule has 0 spiro atoms. The molecule has 3 rings (SSSR count). The molecule has 3 aromatic rings. The second-order valence-corrected chi connectivity index (χ2v) is 12.8. The highest BCUT2D eigenvalue weighted by molar-refractivity contribution is 7.99. The smallest absolute Gasteiger partial charge is 0.263 e. The van der Waals surface area contributed by atoms with E-state index in [1.165, 1.54) is 23.1 Å². The van der Waals surface area contributed by atoms with E-state index in [9.17, 15) is 14.7 Å². The summed E-state index contributed by atoms with van der Waals surface area (Å²) < 4.78 is 1.59. The van der Waals surface area contributed by atoms with Gasteiger partial charge in [-0.05, 0) is 42.4 Å². The maximum Gasteiger partial charge on any atom is 0.263 e. The number of aromatic nitrogens is 2. The van der Waals surface area contributed by atoms with Crippen molar-refractivity contribution in [2.75, 3.05) is 5.75 Å². The van der Waals surface area contributed by atoms with Crippen molar-refractivity contribution in [1.82, 2.24) is 9.55 Å². The second-order valence-electron chi connectivity index (χ2n) is 10.7. The van der Waals surface area contributed by atoms with E-state index in [1.807, 2.05) is 55.4 Å². The van der Waals surface area contributed by atoms with Gasteiger partial charge in [-0.15, -0.1) is 17.9 Å². The van der Waals surface area contributed by atoms with Crippen LogP contribution in [0.5, 0.6) is 5.75 Å². The minimum atomic E-state index is -0.320. The average molecular weight is 499 g/mol. The Hall–Kier alpha value is -2.38. The van der Waals surface area contributed by atoms with E-state index in [2.05, 4.69) is 6.58 Å². The van der Waals surface area contributed by atoms with Crippen molar-refractivity contribution >= 4 is 39.1 Å². The third-order valence-corrected chi connectivity index (χ3v) is 8.02. The van der Waals surface area contributed by atoms with Crippen molar-refractivity contribution in [2.24, 2.45) is 0 Å². The molecule has 0 bridgehead atoms. The fraction of sp³-hybridized carbons (Fsp3) is 0.444. The molecule has 7 heteroatoms. The zero-order valence-corrected chi connectivity index (χ0v) is 23.0. The predicted octanol–water partition coefficient (Wildman–Crippen LogP) is 6.54. The second kappa shape index (κ2) is 9.34. The van der Waals surface area contributed by atoms with Crippen LogP contribution in [-0.4, -0.2) is 26.2 Å². The van der Waals surface area contributed by atoms with E-state index >= 15 is 0 Å². The van der Waals surface area contributed by atoms with Gasteiger partial charge in [0.1, 0.15) is 10.6 Å². The number of aryl methyl sites for hydroxylation is 2. The molecule has 0 amide bonds. The van der Waals surface area contributed by atoms with E-state index in [-0.39, 0.29) is 33.7 Å². The number of benzene rings is 1. The summed E-state index contributed by atoms with van der Waals surface area (Å²) in [6.45, 7) is 20.2. The van der Waals surface area contributed by atoms with Crippen molar-refractivity contribution < 1.29 is 9.90 Å². The van der Waals surface area contributed by atoms with Gasteiger partial charge in [0.05, 0.1) is 11.1 Å². The van der Waals surface area contributed by atoms with E-state index in [0.29, 0.717) is 27.5 Å². The van der Waals surface area contributed by atoms with Crippen LogP contribution >= 0.6 is 23.1 Å². The number of Topliss-reactive ketones (excluding diaryl/α,β-unsaturated/α-hetero) is 1. The van der Waals surface area contributed by atoms with Crippen LogP contribution in [0.2, 0.25) is 0 Å². The standard InChI is InChI=1S/C27H34N2O3S2/c1-10-11-29-24(32)21-15(2)16(3)34-23(21)28-25(29)33-14-20(30)17-12-18(26(4,5)6)22(31)19(13-17)27(7,8)9/h10,12-13,31H,1,11,14H2,2-9H3. The molecule has 2 heterocycles. The van der Waals surface area contributed by atoms with Gasteiger partial charge in [-0.25, -0.2) is 4.98 Å². The number of allylic oxidation sites excluding steroid dienone is 1. The van der Waals surface area contributed by atoms with Crippen LogP contribution < -0.4 is 5.56 Å². The number of carbonyl (C=O) groups excluding carboxylic acids is 1. The number of phenols is 1. The van der Waals surface area contributed by atoms with Gasteiger partial charge in [-0.1, -0.05) is 59.4 Å². The van der Waals surface area contributed by atoms with Crippen molar-refractivity contribution in [3.05, 3.63) is 62.3 Å². The fourth-order valence-corrected chi connectivity index (χ4v) is 5.83. The van der Waals surface area contributed by atoms with Crippen molar-refractivity contribution in [3.63, 3.8) is 0 Å². The third kappa shape index (κ3) is 5.01. The molecule has 182 valence electrons. The highest BCUT2D eigenvalue weighted by Gasteiger charge is 2.28. The van der Waals surface area contributed by atoms with Crippen LogP contribution in [0.1, 0.15) is 73.5 Å². The number of ketones is 1. The molecule has 0 aliphatic heterocycles. The van der Waals surface area contributed by atoms with Crippen LogP contribution in [0.25, 0.3) is 10.2 Å². The molecule has 0 atom stereocenters.